The molecule has 0 radical (unpaired) electrons. The summed E-state index contributed by atoms with van der Waals surface area (Å²) in [6, 6.07) is 12.1. The van der Waals surface area contributed by atoms with E-state index < -0.39 is 0 Å². The molecule has 0 aliphatic carbocycles. The molecule has 0 spiro atoms. The van der Waals surface area contributed by atoms with E-state index in [1.807, 2.05) is 35.8 Å². The third kappa shape index (κ3) is 1.85. The largest absolute Gasteiger partial charge is 0.369 e. The first-order valence-corrected chi connectivity index (χ1v) is 6.40. The van der Waals surface area contributed by atoms with Gasteiger partial charge in [-0.15, -0.1) is 0 Å². The third-order valence-corrected chi connectivity index (χ3v) is 3.28. The van der Waals surface area contributed by atoms with Gasteiger partial charge in [0.25, 0.3) is 0 Å². The molecule has 0 aliphatic rings. The summed E-state index contributed by atoms with van der Waals surface area (Å²) in [5, 5.41) is 0. The molecule has 0 fully saturated rings. The molecule has 4 heteroatoms. The summed E-state index contributed by atoms with van der Waals surface area (Å²) in [7, 11) is 0. The van der Waals surface area contributed by atoms with Gasteiger partial charge in [0.15, 0.2) is 5.65 Å². The molecule has 0 amide bonds. The molecule has 0 atom stereocenters. The zero-order chi connectivity index (χ0) is 13.4. The fourth-order valence-electron chi connectivity index (χ4n) is 2.33. The third-order valence-electron chi connectivity index (χ3n) is 3.28. The second-order valence-corrected chi connectivity index (χ2v) is 4.58. The lowest BCUT2D eigenvalue weighted by Crippen LogP contribution is -2.04. The first-order valence-electron chi connectivity index (χ1n) is 6.40. The van der Waals surface area contributed by atoms with Gasteiger partial charge >= 0.3 is 0 Å². The minimum atomic E-state index is 0.481. The van der Waals surface area contributed by atoms with E-state index in [0.717, 1.165) is 29.0 Å². The Hall–Kier alpha value is -2.36. The molecule has 96 valence electrons. The van der Waals surface area contributed by atoms with E-state index >= 15 is 0 Å². The lowest BCUT2D eigenvalue weighted by Gasteiger charge is -2.10. The van der Waals surface area contributed by atoms with E-state index in [0.29, 0.717) is 5.95 Å². The van der Waals surface area contributed by atoms with Gasteiger partial charge in [-0.25, -0.2) is 9.97 Å². The van der Waals surface area contributed by atoms with Crippen LogP contribution in [0.25, 0.3) is 16.9 Å². The van der Waals surface area contributed by atoms with E-state index in [9.17, 15) is 0 Å². The molecule has 0 unspecified atom stereocenters. The van der Waals surface area contributed by atoms with E-state index in [4.69, 9.17) is 5.73 Å². The minimum Gasteiger partial charge on any atom is -0.369 e. The zero-order valence-electron chi connectivity index (χ0n) is 11.1. The van der Waals surface area contributed by atoms with Crippen molar-refractivity contribution in [3.8, 4) is 5.69 Å². The normalized spacial score (nSPS) is 11.1. The average molecular weight is 252 g/mol. The summed E-state index contributed by atoms with van der Waals surface area (Å²) in [5.74, 6) is 0.481. The summed E-state index contributed by atoms with van der Waals surface area (Å²) in [6.07, 6.45) is 0.946. The van der Waals surface area contributed by atoms with Crippen LogP contribution in [-0.2, 0) is 6.42 Å². The first kappa shape index (κ1) is 11.7. The van der Waals surface area contributed by atoms with E-state index in [1.165, 1.54) is 5.56 Å². The predicted molar refractivity (Wildman–Crippen MR) is 77.4 cm³/mol. The monoisotopic (exact) mass is 252 g/mol. The van der Waals surface area contributed by atoms with Crippen LogP contribution in [0.15, 0.2) is 36.4 Å². The molecule has 2 aromatic heterocycles. The van der Waals surface area contributed by atoms with Gasteiger partial charge in [0.05, 0.1) is 5.69 Å². The number of nitrogen functional groups attached to an aromatic ring is 1. The lowest BCUT2D eigenvalue weighted by molar-refractivity contribution is 1.02. The topological polar surface area (TPSA) is 56.7 Å². The number of para-hydroxylation sites is 1. The fourth-order valence-corrected chi connectivity index (χ4v) is 2.33. The highest BCUT2D eigenvalue weighted by Gasteiger charge is 2.13. The van der Waals surface area contributed by atoms with Crippen molar-refractivity contribution < 1.29 is 0 Å². The molecule has 19 heavy (non-hydrogen) atoms. The average Bonchev–Trinajstić information content (AvgIpc) is 2.74. The molecular formula is C15H16N4. The van der Waals surface area contributed by atoms with Crippen LogP contribution in [0.4, 0.5) is 5.95 Å². The molecule has 0 bridgehead atoms. The Morgan fingerprint density at radius 1 is 1.11 bits per heavy atom. The molecule has 0 saturated heterocycles. The van der Waals surface area contributed by atoms with Gasteiger partial charge in [0, 0.05) is 5.69 Å². The van der Waals surface area contributed by atoms with Crippen LogP contribution in [-0.4, -0.2) is 14.5 Å². The smallest absolute Gasteiger partial charge is 0.207 e. The summed E-state index contributed by atoms with van der Waals surface area (Å²) in [5.41, 5.74) is 11.0. The Morgan fingerprint density at radius 3 is 2.68 bits per heavy atom. The quantitative estimate of drug-likeness (QED) is 0.763. The molecule has 4 nitrogen and oxygen atoms in total. The summed E-state index contributed by atoms with van der Waals surface area (Å²) in [6.45, 7) is 4.10. The summed E-state index contributed by atoms with van der Waals surface area (Å²) >= 11 is 0. The standard InChI is InChI=1S/C15H16N4/c1-3-11-6-4-5-7-13(11)19-14-12(18-15(19)16)9-8-10(2)17-14/h4-9H,3H2,1-2H3,(H2,16,18). The molecule has 1 aromatic carbocycles. The highest BCUT2D eigenvalue weighted by molar-refractivity contribution is 5.77. The van der Waals surface area contributed by atoms with Crippen molar-refractivity contribution in [2.24, 2.45) is 0 Å². The van der Waals surface area contributed by atoms with E-state index in [-0.39, 0.29) is 0 Å². The number of anilines is 1. The maximum atomic E-state index is 6.07. The number of hydrogen-bond acceptors (Lipinski definition) is 3. The molecule has 0 aliphatic heterocycles. The summed E-state index contributed by atoms with van der Waals surface area (Å²) < 4.78 is 1.93. The van der Waals surface area contributed by atoms with Crippen LogP contribution in [0.3, 0.4) is 0 Å². The molecule has 3 aromatic rings. The van der Waals surface area contributed by atoms with Crippen molar-refractivity contribution in [1.82, 2.24) is 14.5 Å². The second kappa shape index (κ2) is 4.39. The Kier molecular flexibility index (Phi) is 2.71. The predicted octanol–water partition coefficient (Wildman–Crippen LogP) is 2.87. The van der Waals surface area contributed by atoms with Gasteiger partial charge in [-0.3, -0.25) is 4.57 Å². The number of aromatic nitrogens is 3. The number of nitrogens with zero attached hydrogens (tertiary/aromatic N) is 3. The molecular weight excluding hydrogens is 236 g/mol. The highest BCUT2D eigenvalue weighted by Crippen LogP contribution is 2.24. The first-order chi connectivity index (χ1) is 9.20. The van der Waals surface area contributed by atoms with Crippen LogP contribution >= 0.6 is 0 Å². The van der Waals surface area contributed by atoms with Gasteiger partial charge in [-0.2, -0.15) is 0 Å². The van der Waals surface area contributed by atoms with Crippen molar-refractivity contribution in [2.45, 2.75) is 20.3 Å². The summed E-state index contributed by atoms with van der Waals surface area (Å²) in [4.78, 5) is 8.95. The SMILES string of the molecule is CCc1ccccc1-n1c(N)nc2ccc(C)nc21. The fraction of sp³-hybridized carbons (Fsp3) is 0.200. The number of nitrogens with two attached hydrogens (primary N) is 1. The highest BCUT2D eigenvalue weighted by atomic mass is 15.2. The Bertz CT molecular complexity index is 743. The minimum absolute atomic E-state index is 0.481. The maximum absolute atomic E-state index is 6.07. The van der Waals surface area contributed by atoms with Gasteiger partial charge < -0.3 is 5.73 Å². The van der Waals surface area contributed by atoms with Gasteiger partial charge in [-0.1, -0.05) is 25.1 Å². The molecule has 2 heterocycles. The van der Waals surface area contributed by atoms with Gasteiger partial charge in [0.2, 0.25) is 5.95 Å². The number of hydrogen-bond donors (Lipinski definition) is 1. The Morgan fingerprint density at radius 2 is 1.89 bits per heavy atom. The number of pyridine rings is 1. The number of fused-ring (bicyclic) bond motifs is 1. The molecule has 3 rings (SSSR count). The van der Waals surface area contributed by atoms with Crippen molar-refractivity contribution in [3.63, 3.8) is 0 Å². The van der Waals surface area contributed by atoms with E-state index in [1.54, 1.807) is 0 Å². The van der Waals surface area contributed by atoms with Crippen LogP contribution in [0.1, 0.15) is 18.2 Å². The molecule has 0 saturated carbocycles. The van der Waals surface area contributed by atoms with Gasteiger partial charge in [-0.05, 0) is 37.1 Å². The van der Waals surface area contributed by atoms with Crippen LogP contribution in [0.5, 0.6) is 0 Å². The maximum Gasteiger partial charge on any atom is 0.207 e. The molecule has 2 N–H and O–H groups in total. The van der Waals surface area contributed by atoms with Crippen molar-refractivity contribution in [2.75, 3.05) is 5.73 Å². The number of rotatable bonds is 2. The number of imidazole rings is 1. The van der Waals surface area contributed by atoms with Gasteiger partial charge in [0.1, 0.15) is 5.52 Å². The van der Waals surface area contributed by atoms with Crippen molar-refractivity contribution in [1.29, 1.82) is 0 Å². The second-order valence-electron chi connectivity index (χ2n) is 4.58. The van der Waals surface area contributed by atoms with Crippen molar-refractivity contribution in [3.05, 3.63) is 47.7 Å². The van der Waals surface area contributed by atoms with Crippen molar-refractivity contribution >= 4 is 17.1 Å². The zero-order valence-corrected chi connectivity index (χ0v) is 11.1. The number of aryl methyl sites for hydroxylation is 2. The Labute approximate surface area is 111 Å². The van der Waals surface area contributed by atoms with E-state index in [2.05, 4.69) is 29.0 Å². The Balaban J connectivity index is 2.35. The number of benzene rings is 1. The van der Waals surface area contributed by atoms with Crippen LogP contribution < -0.4 is 5.73 Å². The van der Waals surface area contributed by atoms with Crippen LogP contribution in [0, 0.1) is 6.92 Å². The lowest BCUT2D eigenvalue weighted by atomic mass is 10.1. The van der Waals surface area contributed by atoms with Crippen LogP contribution in [0.2, 0.25) is 0 Å².